The summed E-state index contributed by atoms with van der Waals surface area (Å²) in [7, 11) is 3.68. The van der Waals surface area contributed by atoms with Crippen LogP contribution in [0.5, 0.6) is 0 Å². The Balaban J connectivity index is 1.93. The van der Waals surface area contributed by atoms with Gasteiger partial charge in [0.15, 0.2) is 0 Å². The van der Waals surface area contributed by atoms with E-state index in [0.717, 1.165) is 45.4 Å². The maximum atomic E-state index is 15.1. The van der Waals surface area contributed by atoms with Crippen LogP contribution in [0.2, 0.25) is 0 Å². The van der Waals surface area contributed by atoms with Gasteiger partial charge >= 0.3 is 0 Å². The third-order valence-corrected chi connectivity index (χ3v) is 6.44. The molecule has 5 aromatic rings. The predicted molar refractivity (Wildman–Crippen MR) is 131 cm³/mol. The molecule has 0 saturated carbocycles. The highest BCUT2D eigenvalue weighted by atomic mass is 19.1. The average molecular weight is 477 g/mol. The van der Waals surface area contributed by atoms with Gasteiger partial charge in [0.05, 0.1) is 34.2 Å². The van der Waals surface area contributed by atoms with Crippen LogP contribution in [0.15, 0.2) is 30.6 Å². The summed E-state index contributed by atoms with van der Waals surface area (Å²) in [6.07, 6.45) is 4.85. The van der Waals surface area contributed by atoms with Crippen molar-refractivity contribution in [3.63, 3.8) is 0 Å². The minimum absolute atomic E-state index is 0.350. The van der Waals surface area contributed by atoms with E-state index in [0.29, 0.717) is 17.8 Å². The molecule has 1 N–H and O–H groups in total. The molecule has 0 saturated heterocycles. The minimum Gasteiger partial charge on any atom is -0.384 e. The summed E-state index contributed by atoms with van der Waals surface area (Å²) in [6, 6.07) is 4.64. The Morgan fingerprint density at radius 3 is 2.54 bits per heavy atom. The van der Waals surface area contributed by atoms with Crippen LogP contribution in [-0.4, -0.2) is 44.4 Å². The van der Waals surface area contributed by atoms with Crippen molar-refractivity contribution in [1.82, 2.24) is 39.3 Å². The lowest BCUT2D eigenvalue weighted by atomic mass is 10.0. The number of halogens is 1. The smallest absolute Gasteiger partial charge is 0.146 e. The number of aliphatic hydroxyl groups is 1. The summed E-state index contributed by atoms with van der Waals surface area (Å²) in [6.45, 7) is 7.37. The van der Waals surface area contributed by atoms with Crippen LogP contribution in [0, 0.1) is 12.7 Å². The first-order chi connectivity index (χ1) is 16.6. The molecule has 0 aliphatic rings. The topological polar surface area (TPSA) is 99.5 Å². The zero-order valence-electron chi connectivity index (χ0n) is 20.8. The van der Waals surface area contributed by atoms with E-state index in [1.165, 1.54) is 6.07 Å². The van der Waals surface area contributed by atoms with Crippen LogP contribution in [0.25, 0.3) is 33.3 Å². The molecule has 0 bridgehead atoms. The van der Waals surface area contributed by atoms with Crippen LogP contribution >= 0.6 is 0 Å². The van der Waals surface area contributed by atoms with Gasteiger partial charge in [0.1, 0.15) is 28.1 Å². The van der Waals surface area contributed by atoms with Crippen LogP contribution in [0.3, 0.4) is 0 Å². The second-order valence-corrected chi connectivity index (χ2v) is 9.51. The summed E-state index contributed by atoms with van der Waals surface area (Å²) in [5.41, 5.74) is 5.15. The van der Waals surface area contributed by atoms with Crippen molar-refractivity contribution in [2.24, 2.45) is 14.1 Å². The predicted octanol–water partition coefficient (Wildman–Crippen LogP) is 4.18. The molecule has 35 heavy (non-hydrogen) atoms. The fraction of sp³-hybridized carbons (Fsp3) is 0.400. The molecule has 5 heterocycles. The largest absolute Gasteiger partial charge is 0.384 e. The van der Waals surface area contributed by atoms with Gasteiger partial charge in [-0.15, -0.1) is 5.10 Å². The summed E-state index contributed by atoms with van der Waals surface area (Å²) in [5.74, 6) is -0.370. The lowest BCUT2D eigenvalue weighted by Crippen LogP contribution is -2.20. The van der Waals surface area contributed by atoms with Crippen LogP contribution < -0.4 is 0 Å². The molecule has 10 heteroatoms. The molecular weight excluding hydrogens is 447 g/mol. The zero-order chi connectivity index (χ0) is 25.1. The molecule has 1 unspecified atom stereocenters. The molecule has 0 amide bonds. The summed E-state index contributed by atoms with van der Waals surface area (Å²) >= 11 is 0. The third kappa shape index (κ3) is 3.59. The first-order valence-electron chi connectivity index (χ1n) is 11.7. The minimum atomic E-state index is -1.23. The fourth-order valence-electron chi connectivity index (χ4n) is 4.97. The molecule has 9 nitrogen and oxygen atoms in total. The van der Waals surface area contributed by atoms with Gasteiger partial charge in [-0.25, -0.2) is 9.07 Å². The number of rotatable bonds is 6. The summed E-state index contributed by atoms with van der Waals surface area (Å²) in [5, 5.41) is 24.0. The van der Waals surface area contributed by atoms with Gasteiger partial charge in [-0.3, -0.25) is 14.6 Å². The normalized spacial score (nSPS) is 13.3. The van der Waals surface area contributed by atoms with E-state index in [1.54, 1.807) is 41.7 Å². The van der Waals surface area contributed by atoms with Crippen LogP contribution in [-0.2, 0) is 19.7 Å². The molecule has 0 spiro atoms. The summed E-state index contributed by atoms with van der Waals surface area (Å²) in [4.78, 5) is 9.27. The molecule has 0 aliphatic carbocycles. The van der Waals surface area contributed by atoms with Crippen molar-refractivity contribution in [3.8, 4) is 11.3 Å². The van der Waals surface area contributed by atoms with Gasteiger partial charge in [0.2, 0.25) is 0 Å². The van der Waals surface area contributed by atoms with Crippen molar-refractivity contribution in [2.75, 3.05) is 0 Å². The number of aryl methyl sites for hydroxylation is 3. The van der Waals surface area contributed by atoms with Gasteiger partial charge in [0, 0.05) is 32.1 Å². The van der Waals surface area contributed by atoms with Crippen molar-refractivity contribution >= 4 is 22.1 Å². The second kappa shape index (κ2) is 8.23. The molecule has 5 rings (SSSR count). The fourth-order valence-corrected chi connectivity index (χ4v) is 4.97. The lowest BCUT2D eigenvalue weighted by molar-refractivity contribution is 0.0742. The van der Waals surface area contributed by atoms with E-state index in [-0.39, 0.29) is 5.82 Å². The van der Waals surface area contributed by atoms with Gasteiger partial charge < -0.3 is 9.67 Å². The maximum Gasteiger partial charge on any atom is 0.146 e. The van der Waals surface area contributed by atoms with E-state index in [9.17, 15) is 5.11 Å². The number of hydrogen-bond donors (Lipinski definition) is 1. The van der Waals surface area contributed by atoms with Gasteiger partial charge in [-0.2, -0.15) is 5.10 Å². The van der Waals surface area contributed by atoms with E-state index in [1.807, 2.05) is 27.1 Å². The number of aromatic nitrogens is 8. The van der Waals surface area contributed by atoms with Crippen LogP contribution in [0.1, 0.15) is 56.7 Å². The Labute approximate surface area is 202 Å². The van der Waals surface area contributed by atoms with E-state index in [4.69, 9.17) is 4.98 Å². The van der Waals surface area contributed by atoms with E-state index < -0.39 is 11.6 Å². The number of nitrogens with zero attached hydrogens (tertiary/aromatic N) is 8. The Bertz CT molecular complexity index is 1540. The Morgan fingerprint density at radius 1 is 1.14 bits per heavy atom. The van der Waals surface area contributed by atoms with Crippen molar-refractivity contribution < 1.29 is 9.50 Å². The van der Waals surface area contributed by atoms with Gasteiger partial charge in [-0.05, 0) is 45.4 Å². The summed E-state index contributed by atoms with van der Waals surface area (Å²) < 4.78 is 20.6. The quantitative estimate of drug-likeness (QED) is 0.395. The van der Waals surface area contributed by atoms with Crippen molar-refractivity contribution in [2.45, 2.75) is 52.2 Å². The highest BCUT2D eigenvalue weighted by molar-refractivity contribution is 6.06. The van der Waals surface area contributed by atoms with Crippen molar-refractivity contribution in [3.05, 3.63) is 53.5 Å². The Kier molecular flexibility index (Phi) is 5.43. The monoisotopic (exact) mass is 476 g/mol. The molecule has 0 radical (unpaired) electrons. The number of pyridine rings is 2. The first kappa shape index (κ1) is 23.1. The van der Waals surface area contributed by atoms with E-state index in [2.05, 4.69) is 31.9 Å². The molecule has 0 aliphatic heterocycles. The average Bonchev–Trinajstić information content (AvgIpc) is 3.43. The SMILES string of the molecule is CCCC(c1ncccc1F)n1c2cc(-c3c(C)nnn3C)cnc2c2c1c(C(C)(C)O)nn2C. The first-order valence-corrected chi connectivity index (χ1v) is 11.7. The molecular formula is C25H29FN8O. The van der Waals surface area contributed by atoms with Gasteiger partial charge in [-0.1, -0.05) is 18.6 Å². The highest BCUT2D eigenvalue weighted by Gasteiger charge is 2.33. The molecule has 5 aromatic heterocycles. The molecule has 182 valence electrons. The van der Waals surface area contributed by atoms with Gasteiger partial charge in [0.25, 0.3) is 0 Å². The maximum absolute atomic E-state index is 15.1. The third-order valence-electron chi connectivity index (χ3n) is 6.44. The molecule has 1 atom stereocenters. The molecule has 0 fully saturated rings. The second-order valence-electron chi connectivity index (χ2n) is 9.51. The highest BCUT2D eigenvalue weighted by Crippen LogP contribution is 2.40. The number of fused-ring (bicyclic) bond motifs is 3. The number of hydrogen-bond acceptors (Lipinski definition) is 6. The molecule has 0 aromatic carbocycles. The standard InChI is InChI=1S/C25H29FN8O/c1-7-9-17(19-16(26)10-8-11-27-19)34-18-12-15(21-14(2)29-31-33(21)6)13-28-20(18)22-23(34)24(25(3,4)35)30-32(22)5/h8,10-13,17,35H,7,9H2,1-6H3. The van der Waals surface area contributed by atoms with E-state index >= 15 is 4.39 Å². The Hall–Kier alpha value is -3.66. The van der Waals surface area contributed by atoms with Crippen molar-refractivity contribution in [1.29, 1.82) is 0 Å². The zero-order valence-corrected chi connectivity index (χ0v) is 20.8. The lowest BCUT2D eigenvalue weighted by Gasteiger charge is -2.23. The Morgan fingerprint density at radius 2 is 1.91 bits per heavy atom. The van der Waals surface area contributed by atoms with Crippen LogP contribution in [0.4, 0.5) is 4.39 Å².